The second-order valence-corrected chi connectivity index (χ2v) is 5.77. The van der Waals surface area contributed by atoms with Crippen LogP contribution in [0.1, 0.15) is 40.5 Å². The first-order chi connectivity index (χ1) is 8.80. The lowest BCUT2D eigenvalue weighted by Crippen LogP contribution is -2.44. The van der Waals surface area contributed by atoms with Gasteiger partial charge in [-0.15, -0.1) is 0 Å². The molecular weight excluding hydrogens is 270 g/mol. The summed E-state index contributed by atoms with van der Waals surface area (Å²) < 4.78 is 5.28. The Hall–Kier alpha value is -1.11. The van der Waals surface area contributed by atoms with Crippen LogP contribution < -0.4 is 5.32 Å². The molecule has 0 aromatic heterocycles. The number of carbonyl (C=O) groups excluding carboxylic acids is 2. The molecule has 0 rings (SSSR count). The van der Waals surface area contributed by atoms with Crippen LogP contribution in [-0.2, 0) is 14.3 Å². The van der Waals surface area contributed by atoms with Gasteiger partial charge in [0.1, 0.15) is 11.6 Å². The van der Waals surface area contributed by atoms with E-state index >= 15 is 0 Å². The summed E-state index contributed by atoms with van der Waals surface area (Å²) in [5.41, 5.74) is -0.522. The Balaban J connectivity index is 0. The molecule has 0 saturated carbocycles. The van der Waals surface area contributed by atoms with E-state index in [1.807, 2.05) is 27.0 Å². The number of hydrogen-bond acceptors (Lipinski definition) is 6. The topological polar surface area (TPSA) is 89.5 Å². The maximum atomic E-state index is 11.9. The molecule has 0 radical (unpaired) electrons. The van der Waals surface area contributed by atoms with Crippen molar-refractivity contribution < 1.29 is 14.3 Å². The molecule has 19 heavy (non-hydrogen) atoms. The van der Waals surface area contributed by atoms with E-state index in [4.69, 9.17) is 14.7 Å². The van der Waals surface area contributed by atoms with Crippen LogP contribution in [-0.4, -0.2) is 35.5 Å². The summed E-state index contributed by atoms with van der Waals surface area (Å²) in [6.45, 7) is 7.21. The first-order valence-electron chi connectivity index (χ1n) is 5.98. The molecule has 0 aromatic rings. The van der Waals surface area contributed by atoms with Gasteiger partial charge in [0.2, 0.25) is 5.91 Å². The Morgan fingerprint density at radius 2 is 1.79 bits per heavy atom. The molecule has 0 fully saturated rings. The SMILES string of the molecule is CCC(=O)N[C@H](CCSC)C(=O)OC(C)(C)C.O=O. The molecule has 0 aliphatic carbocycles. The zero-order valence-corrected chi connectivity index (χ0v) is 13.0. The van der Waals surface area contributed by atoms with Gasteiger partial charge in [-0.05, 0) is 39.2 Å². The van der Waals surface area contributed by atoms with E-state index in [1.165, 1.54) is 0 Å². The Labute approximate surface area is 118 Å². The minimum absolute atomic E-state index is 0.123. The van der Waals surface area contributed by atoms with Crippen LogP contribution in [0.15, 0.2) is 0 Å². The van der Waals surface area contributed by atoms with E-state index in [-0.39, 0.29) is 11.9 Å². The van der Waals surface area contributed by atoms with Crippen molar-refractivity contribution >= 4 is 23.6 Å². The average molecular weight is 293 g/mol. The summed E-state index contributed by atoms with van der Waals surface area (Å²) in [6.07, 6.45) is 2.94. The quantitative estimate of drug-likeness (QED) is 0.754. The molecule has 6 nitrogen and oxygen atoms in total. The fourth-order valence-electron chi connectivity index (χ4n) is 1.15. The number of rotatable bonds is 6. The van der Waals surface area contributed by atoms with E-state index in [9.17, 15) is 9.59 Å². The maximum Gasteiger partial charge on any atom is 0.329 e. The lowest BCUT2D eigenvalue weighted by molar-refractivity contribution is -0.158. The van der Waals surface area contributed by atoms with Crippen molar-refractivity contribution in [3.05, 3.63) is 9.93 Å². The number of hydrogen-bond donors (Lipinski definition) is 1. The number of ether oxygens (including phenoxy) is 1. The van der Waals surface area contributed by atoms with E-state index in [0.717, 1.165) is 5.75 Å². The average Bonchev–Trinajstić information content (AvgIpc) is 2.34. The third kappa shape index (κ3) is 11.7. The Morgan fingerprint density at radius 3 is 2.16 bits per heavy atom. The number of amides is 1. The molecule has 0 aliphatic heterocycles. The second kappa shape index (κ2) is 10.8. The predicted molar refractivity (Wildman–Crippen MR) is 77.8 cm³/mol. The van der Waals surface area contributed by atoms with Gasteiger partial charge in [-0.3, -0.25) is 4.79 Å². The summed E-state index contributed by atoms with van der Waals surface area (Å²) >= 11 is 1.64. The van der Waals surface area contributed by atoms with Crippen molar-refractivity contribution in [2.75, 3.05) is 12.0 Å². The van der Waals surface area contributed by atoms with Gasteiger partial charge in [0.05, 0.1) is 0 Å². The first kappa shape index (κ1) is 20.2. The van der Waals surface area contributed by atoms with Crippen molar-refractivity contribution in [2.24, 2.45) is 0 Å². The molecule has 112 valence electrons. The Morgan fingerprint density at radius 1 is 1.26 bits per heavy atom. The summed E-state index contributed by atoms with van der Waals surface area (Å²) in [4.78, 5) is 37.2. The molecule has 0 spiro atoms. The van der Waals surface area contributed by atoms with Crippen molar-refractivity contribution in [2.45, 2.75) is 52.2 Å². The second-order valence-electron chi connectivity index (χ2n) is 4.79. The fourth-order valence-corrected chi connectivity index (χ4v) is 1.63. The zero-order valence-electron chi connectivity index (χ0n) is 12.1. The van der Waals surface area contributed by atoms with Crippen molar-refractivity contribution in [3.8, 4) is 0 Å². The van der Waals surface area contributed by atoms with Gasteiger partial charge in [-0.1, -0.05) is 6.92 Å². The van der Waals surface area contributed by atoms with Crippen LogP contribution in [0.2, 0.25) is 0 Å². The Kier molecular flexibility index (Phi) is 11.5. The molecule has 1 atom stereocenters. The molecule has 1 N–H and O–H groups in total. The fraction of sp³-hybridized carbons (Fsp3) is 0.833. The summed E-state index contributed by atoms with van der Waals surface area (Å²) in [5.74, 6) is 0.337. The van der Waals surface area contributed by atoms with Crippen molar-refractivity contribution in [1.82, 2.24) is 5.32 Å². The minimum Gasteiger partial charge on any atom is -0.458 e. The molecule has 0 aliphatic rings. The third-order valence-electron chi connectivity index (χ3n) is 1.96. The highest BCUT2D eigenvalue weighted by molar-refractivity contribution is 7.98. The molecule has 0 unspecified atom stereocenters. The summed E-state index contributed by atoms with van der Waals surface area (Å²) in [7, 11) is 0. The van der Waals surface area contributed by atoms with E-state index in [2.05, 4.69) is 5.32 Å². The number of thioether (sulfide) groups is 1. The van der Waals surface area contributed by atoms with Gasteiger partial charge >= 0.3 is 5.97 Å². The number of carbonyl (C=O) groups is 2. The van der Waals surface area contributed by atoms with Gasteiger partial charge in [0.15, 0.2) is 0 Å². The maximum absolute atomic E-state index is 11.9. The smallest absolute Gasteiger partial charge is 0.329 e. The monoisotopic (exact) mass is 293 g/mol. The molecule has 0 aromatic carbocycles. The molecule has 0 bridgehead atoms. The van der Waals surface area contributed by atoms with Crippen LogP contribution in [0.3, 0.4) is 0 Å². The van der Waals surface area contributed by atoms with Crippen LogP contribution in [0.5, 0.6) is 0 Å². The number of esters is 1. The molecule has 1 amide bonds. The molecule has 0 saturated heterocycles. The zero-order chi connectivity index (χ0) is 15.5. The van der Waals surface area contributed by atoms with Crippen LogP contribution in [0.25, 0.3) is 0 Å². The third-order valence-corrected chi connectivity index (χ3v) is 2.60. The standard InChI is InChI=1S/C12H23NO3S.O2/c1-6-10(14)13-9(7-8-17-5)11(15)16-12(2,3)4;1-2/h9H,6-8H2,1-5H3,(H,13,14);/t9-;/m1./s1. The van der Waals surface area contributed by atoms with Crippen molar-refractivity contribution in [1.29, 1.82) is 0 Å². The van der Waals surface area contributed by atoms with Gasteiger partial charge < -0.3 is 10.1 Å². The van der Waals surface area contributed by atoms with Gasteiger partial charge in [-0.2, -0.15) is 11.8 Å². The van der Waals surface area contributed by atoms with E-state index in [0.29, 0.717) is 12.8 Å². The van der Waals surface area contributed by atoms with Crippen LogP contribution >= 0.6 is 11.8 Å². The van der Waals surface area contributed by atoms with E-state index < -0.39 is 11.6 Å². The lowest BCUT2D eigenvalue weighted by Gasteiger charge is -2.24. The molecule has 7 heteroatoms. The van der Waals surface area contributed by atoms with Crippen molar-refractivity contribution in [3.63, 3.8) is 0 Å². The summed E-state index contributed by atoms with van der Waals surface area (Å²) in [5, 5.41) is 2.70. The highest BCUT2D eigenvalue weighted by Gasteiger charge is 2.25. The number of nitrogens with one attached hydrogen (secondary N) is 1. The largest absolute Gasteiger partial charge is 0.458 e. The van der Waals surface area contributed by atoms with Crippen LogP contribution in [0, 0.1) is 9.93 Å². The highest BCUT2D eigenvalue weighted by atomic mass is 32.2. The lowest BCUT2D eigenvalue weighted by atomic mass is 10.1. The molecular formula is C12H23NO5S. The normalized spacial score (nSPS) is 11.8. The Bertz CT molecular complexity index is 278. The summed E-state index contributed by atoms with van der Waals surface area (Å²) in [6, 6.07) is -0.533. The van der Waals surface area contributed by atoms with E-state index in [1.54, 1.807) is 18.7 Å². The highest BCUT2D eigenvalue weighted by Crippen LogP contribution is 2.11. The van der Waals surface area contributed by atoms with Gasteiger partial charge in [0.25, 0.3) is 0 Å². The predicted octanol–water partition coefficient (Wildman–Crippen LogP) is 2.04. The minimum atomic E-state index is -0.533. The molecule has 0 heterocycles. The van der Waals surface area contributed by atoms with Gasteiger partial charge in [-0.25, -0.2) is 4.79 Å². The first-order valence-corrected chi connectivity index (χ1v) is 7.37. The van der Waals surface area contributed by atoms with Crippen LogP contribution in [0.4, 0.5) is 0 Å². The van der Waals surface area contributed by atoms with Gasteiger partial charge in [0, 0.05) is 16.4 Å².